The van der Waals surface area contributed by atoms with E-state index in [4.69, 9.17) is 17.3 Å². The largest absolute Gasteiger partial charge is 0.573 e. The van der Waals surface area contributed by atoms with Crippen molar-refractivity contribution >= 4 is 27.5 Å². The summed E-state index contributed by atoms with van der Waals surface area (Å²) in [6.45, 7) is 0. The molecule has 0 fully saturated rings. The van der Waals surface area contributed by atoms with E-state index in [1.54, 1.807) is 24.3 Å². The van der Waals surface area contributed by atoms with Crippen molar-refractivity contribution in [1.82, 2.24) is 0 Å². The molecule has 1 atom stereocenters. The van der Waals surface area contributed by atoms with Gasteiger partial charge in [-0.15, -0.1) is 13.2 Å². The van der Waals surface area contributed by atoms with Gasteiger partial charge in [-0.2, -0.15) is 0 Å². The van der Waals surface area contributed by atoms with Crippen LogP contribution in [0.15, 0.2) is 46.9 Å². The number of benzene rings is 2. The Balaban J connectivity index is 2.41. The number of rotatable bonds is 3. The Hall–Kier alpha value is -1.24. The van der Waals surface area contributed by atoms with Crippen LogP contribution in [0.25, 0.3) is 0 Å². The Morgan fingerprint density at radius 3 is 2.38 bits per heavy atom. The zero-order valence-electron chi connectivity index (χ0n) is 10.5. The van der Waals surface area contributed by atoms with Crippen LogP contribution in [-0.4, -0.2) is 6.36 Å². The average Bonchev–Trinajstić information content (AvgIpc) is 2.36. The Morgan fingerprint density at radius 1 is 1.10 bits per heavy atom. The van der Waals surface area contributed by atoms with Crippen molar-refractivity contribution in [3.05, 3.63) is 63.1 Å². The first-order valence-electron chi connectivity index (χ1n) is 5.83. The van der Waals surface area contributed by atoms with E-state index >= 15 is 0 Å². The number of hydrogen-bond acceptors (Lipinski definition) is 2. The molecule has 0 amide bonds. The van der Waals surface area contributed by atoms with Crippen LogP contribution >= 0.6 is 27.5 Å². The van der Waals surface area contributed by atoms with Crippen molar-refractivity contribution in [2.75, 3.05) is 0 Å². The quantitative estimate of drug-likeness (QED) is 0.809. The van der Waals surface area contributed by atoms with Crippen molar-refractivity contribution in [2.24, 2.45) is 5.73 Å². The molecule has 0 aliphatic carbocycles. The first-order chi connectivity index (χ1) is 9.78. The Labute approximate surface area is 132 Å². The summed E-state index contributed by atoms with van der Waals surface area (Å²) in [5.74, 6) is -0.320. The minimum Gasteiger partial charge on any atom is -0.405 e. The van der Waals surface area contributed by atoms with Gasteiger partial charge in [-0.1, -0.05) is 51.8 Å². The maximum absolute atomic E-state index is 12.4. The third-order valence-electron chi connectivity index (χ3n) is 2.78. The molecule has 0 bridgehead atoms. The van der Waals surface area contributed by atoms with Crippen molar-refractivity contribution in [2.45, 2.75) is 12.4 Å². The second kappa shape index (κ2) is 6.25. The van der Waals surface area contributed by atoms with Crippen LogP contribution in [0.2, 0.25) is 5.02 Å². The number of nitrogens with two attached hydrogens (primary N) is 1. The highest BCUT2D eigenvalue weighted by Gasteiger charge is 2.32. The average molecular weight is 381 g/mol. The summed E-state index contributed by atoms with van der Waals surface area (Å²) < 4.78 is 41.9. The van der Waals surface area contributed by atoms with Crippen LogP contribution in [-0.2, 0) is 0 Å². The highest BCUT2D eigenvalue weighted by Crippen LogP contribution is 2.35. The maximum Gasteiger partial charge on any atom is 0.573 e. The second-order valence-electron chi connectivity index (χ2n) is 4.23. The van der Waals surface area contributed by atoms with Crippen LogP contribution in [0.4, 0.5) is 13.2 Å². The molecule has 0 heterocycles. The van der Waals surface area contributed by atoms with E-state index in [0.29, 0.717) is 15.1 Å². The van der Waals surface area contributed by atoms with Crippen LogP contribution in [0.1, 0.15) is 17.2 Å². The van der Waals surface area contributed by atoms with Crippen molar-refractivity contribution in [3.63, 3.8) is 0 Å². The van der Waals surface area contributed by atoms with Gasteiger partial charge in [0.1, 0.15) is 5.75 Å². The van der Waals surface area contributed by atoms with E-state index in [1.807, 2.05) is 0 Å². The van der Waals surface area contributed by atoms with Crippen molar-refractivity contribution in [3.8, 4) is 5.75 Å². The minimum absolute atomic E-state index is 0.234. The Bertz CT molecular complexity index is 648. The molecule has 0 aliphatic rings. The molecule has 0 aromatic heterocycles. The fraction of sp³-hybridized carbons (Fsp3) is 0.143. The summed E-state index contributed by atoms with van der Waals surface area (Å²) in [5, 5.41) is 0.498. The number of alkyl halides is 3. The number of para-hydroxylation sites is 1. The van der Waals surface area contributed by atoms with E-state index in [9.17, 15) is 13.2 Å². The van der Waals surface area contributed by atoms with Gasteiger partial charge in [-0.25, -0.2) is 0 Å². The van der Waals surface area contributed by atoms with Gasteiger partial charge < -0.3 is 10.5 Å². The lowest BCUT2D eigenvalue weighted by Crippen LogP contribution is -2.20. The highest BCUT2D eigenvalue weighted by molar-refractivity contribution is 9.10. The minimum atomic E-state index is -4.77. The van der Waals surface area contributed by atoms with E-state index in [1.165, 1.54) is 18.2 Å². The number of hydrogen-bond donors (Lipinski definition) is 1. The summed E-state index contributed by atoms with van der Waals surface area (Å²) in [7, 11) is 0. The molecular weight excluding hydrogens is 371 g/mol. The van der Waals surface area contributed by atoms with Crippen molar-refractivity contribution in [1.29, 1.82) is 0 Å². The predicted molar refractivity (Wildman–Crippen MR) is 78.3 cm³/mol. The van der Waals surface area contributed by atoms with E-state index in [-0.39, 0.29) is 11.3 Å². The molecule has 1 unspecified atom stereocenters. The summed E-state index contributed by atoms with van der Waals surface area (Å²) >= 11 is 9.15. The molecule has 2 N–H and O–H groups in total. The molecule has 0 saturated carbocycles. The SMILES string of the molecule is NC(c1ccc(Cl)cc1Br)c1ccccc1OC(F)(F)F. The van der Waals surface area contributed by atoms with E-state index < -0.39 is 12.4 Å². The van der Waals surface area contributed by atoms with E-state index in [2.05, 4.69) is 20.7 Å². The molecule has 2 aromatic rings. The molecule has 2 aromatic carbocycles. The Kier molecular flexibility index (Phi) is 4.81. The zero-order chi connectivity index (χ0) is 15.6. The monoisotopic (exact) mass is 379 g/mol. The second-order valence-corrected chi connectivity index (χ2v) is 5.52. The molecule has 112 valence electrons. The molecule has 0 radical (unpaired) electrons. The maximum atomic E-state index is 12.4. The topological polar surface area (TPSA) is 35.2 Å². The third kappa shape index (κ3) is 4.12. The van der Waals surface area contributed by atoms with Crippen LogP contribution in [0.5, 0.6) is 5.75 Å². The number of halogens is 5. The first kappa shape index (κ1) is 16.1. The van der Waals surface area contributed by atoms with Gasteiger partial charge >= 0.3 is 6.36 Å². The fourth-order valence-electron chi connectivity index (χ4n) is 1.88. The van der Waals surface area contributed by atoms with Crippen molar-refractivity contribution < 1.29 is 17.9 Å². The van der Waals surface area contributed by atoms with Crippen LogP contribution < -0.4 is 10.5 Å². The summed E-state index contributed by atoms with van der Waals surface area (Å²) in [5.41, 5.74) is 6.91. The molecule has 2 nitrogen and oxygen atoms in total. The number of ether oxygens (including phenoxy) is 1. The van der Waals surface area contributed by atoms with Gasteiger partial charge in [0.2, 0.25) is 0 Å². The lowest BCUT2D eigenvalue weighted by molar-refractivity contribution is -0.274. The van der Waals surface area contributed by atoms with Gasteiger partial charge in [-0.3, -0.25) is 0 Å². The summed E-state index contributed by atoms with van der Waals surface area (Å²) in [4.78, 5) is 0. The predicted octanol–water partition coefficient (Wildman–Crippen LogP) is 5.05. The van der Waals surface area contributed by atoms with E-state index in [0.717, 1.165) is 0 Å². The summed E-state index contributed by atoms with van der Waals surface area (Å²) in [6, 6.07) is 9.89. The normalized spacial score (nSPS) is 13.0. The molecule has 0 saturated heterocycles. The Morgan fingerprint density at radius 2 is 1.76 bits per heavy atom. The van der Waals surface area contributed by atoms with Crippen LogP contribution in [0.3, 0.4) is 0 Å². The van der Waals surface area contributed by atoms with Gasteiger partial charge in [0, 0.05) is 15.1 Å². The smallest absolute Gasteiger partial charge is 0.405 e. The van der Waals surface area contributed by atoms with Gasteiger partial charge in [0.05, 0.1) is 6.04 Å². The standard InChI is InChI=1S/C14H10BrClF3NO/c15-11-7-8(16)5-6-9(11)13(20)10-3-1-2-4-12(10)21-14(17,18)19/h1-7,13H,20H2. The molecule has 21 heavy (non-hydrogen) atoms. The van der Waals surface area contributed by atoms with Gasteiger partial charge in [0.25, 0.3) is 0 Å². The molecule has 2 rings (SSSR count). The van der Waals surface area contributed by atoms with Gasteiger partial charge in [-0.05, 0) is 23.8 Å². The molecule has 0 aliphatic heterocycles. The lowest BCUT2D eigenvalue weighted by atomic mass is 9.99. The molecule has 0 spiro atoms. The zero-order valence-corrected chi connectivity index (χ0v) is 12.8. The lowest BCUT2D eigenvalue weighted by Gasteiger charge is -2.19. The highest BCUT2D eigenvalue weighted by atomic mass is 79.9. The third-order valence-corrected chi connectivity index (χ3v) is 3.70. The first-order valence-corrected chi connectivity index (χ1v) is 7.00. The fourth-order valence-corrected chi connectivity index (χ4v) is 2.81. The van der Waals surface area contributed by atoms with Gasteiger partial charge in [0.15, 0.2) is 0 Å². The molecular formula is C14H10BrClF3NO. The summed E-state index contributed by atoms with van der Waals surface area (Å²) in [6.07, 6.45) is -4.77. The van der Waals surface area contributed by atoms with Crippen LogP contribution in [0, 0.1) is 0 Å². The molecule has 7 heteroatoms.